The van der Waals surface area contributed by atoms with Crippen LogP contribution < -0.4 is 9.80 Å². The first kappa shape index (κ1) is 20.9. The second-order valence-corrected chi connectivity index (χ2v) is 10.0. The molecule has 160 valence electrons. The molecule has 3 aromatic rings. The van der Waals surface area contributed by atoms with E-state index in [1.165, 1.54) is 22.9 Å². The monoisotopic (exact) mass is 457 g/mol. The fraction of sp³-hybridized carbons (Fsp3) is 0.154. The van der Waals surface area contributed by atoms with Crippen LogP contribution in [0.4, 0.5) is 17.1 Å². The van der Waals surface area contributed by atoms with E-state index in [1.807, 2.05) is 56.4 Å². The molecule has 1 amide bonds. The number of hydrogen-bond donors (Lipinski definition) is 0. The van der Waals surface area contributed by atoms with E-state index in [9.17, 15) is 4.79 Å². The molecule has 0 spiro atoms. The Morgan fingerprint density at radius 2 is 1.66 bits per heavy atom. The van der Waals surface area contributed by atoms with Gasteiger partial charge in [0.1, 0.15) is 4.91 Å². The van der Waals surface area contributed by atoms with Crippen molar-refractivity contribution in [2.75, 3.05) is 16.8 Å². The van der Waals surface area contributed by atoms with Gasteiger partial charge >= 0.3 is 0 Å². The van der Waals surface area contributed by atoms with Crippen LogP contribution in [0.1, 0.15) is 16.7 Å². The highest BCUT2D eigenvalue weighted by Crippen LogP contribution is 2.50. The summed E-state index contributed by atoms with van der Waals surface area (Å²) in [4.78, 5) is 24.4. The fourth-order valence-corrected chi connectivity index (χ4v) is 6.12. The number of fused-ring (bicyclic) bond motifs is 1. The summed E-state index contributed by atoms with van der Waals surface area (Å²) in [6.07, 6.45) is 0. The van der Waals surface area contributed by atoms with Gasteiger partial charge in [-0.15, -0.1) is 0 Å². The van der Waals surface area contributed by atoms with E-state index in [0.717, 1.165) is 32.6 Å². The maximum absolute atomic E-state index is 13.7. The molecule has 0 aromatic heterocycles. The minimum absolute atomic E-state index is 0.0367. The van der Waals surface area contributed by atoms with Gasteiger partial charge in [0.15, 0.2) is 5.17 Å². The van der Waals surface area contributed by atoms with Crippen molar-refractivity contribution < 1.29 is 4.79 Å². The first-order valence-electron chi connectivity index (χ1n) is 10.4. The number of hydrogen-bond acceptors (Lipinski definition) is 5. The summed E-state index contributed by atoms with van der Waals surface area (Å²) in [6.45, 7) is 6.21. The molecule has 4 nitrogen and oxygen atoms in total. The van der Waals surface area contributed by atoms with Crippen molar-refractivity contribution in [1.82, 2.24) is 0 Å². The van der Waals surface area contributed by atoms with E-state index in [4.69, 9.17) is 4.99 Å². The number of amides is 1. The van der Waals surface area contributed by atoms with E-state index in [1.54, 1.807) is 16.7 Å². The second-order valence-electron chi connectivity index (χ2n) is 8.01. The van der Waals surface area contributed by atoms with Crippen molar-refractivity contribution in [3.05, 3.63) is 93.4 Å². The maximum atomic E-state index is 13.7. The molecule has 2 heterocycles. The quantitative estimate of drug-likeness (QED) is 0.397. The van der Waals surface area contributed by atoms with Crippen LogP contribution in [-0.2, 0) is 4.79 Å². The molecule has 0 bridgehead atoms. The number of thioether (sulfide) groups is 2. The van der Waals surface area contributed by atoms with Gasteiger partial charge in [-0.1, -0.05) is 42.1 Å². The van der Waals surface area contributed by atoms with Gasteiger partial charge in [0, 0.05) is 11.9 Å². The summed E-state index contributed by atoms with van der Waals surface area (Å²) in [6, 6.07) is 22.4. The zero-order chi connectivity index (χ0) is 22.4. The number of nitrogens with zero attached hydrogens (tertiary/aromatic N) is 3. The smallest absolute Gasteiger partial charge is 0.274 e. The molecule has 0 aliphatic carbocycles. The number of anilines is 2. The van der Waals surface area contributed by atoms with Crippen LogP contribution in [0.15, 0.2) is 86.6 Å². The molecule has 5 rings (SSSR count). The van der Waals surface area contributed by atoms with E-state index < -0.39 is 0 Å². The summed E-state index contributed by atoms with van der Waals surface area (Å²) in [7, 11) is 2.02. The highest BCUT2D eigenvalue weighted by Gasteiger charge is 2.40. The van der Waals surface area contributed by atoms with Crippen molar-refractivity contribution in [2.45, 2.75) is 25.7 Å². The molecular formula is C26H23N3OS2. The number of para-hydroxylation sites is 1. The van der Waals surface area contributed by atoms with Crippen molar-refractivity contribution in [3.8, 4) is 0 Å². The number of aliphatic imine (C=N–C) groups is 1. The lowest BCUT2D eigenvalue weighted by molar-refractivity contribution is -0.113. The molecular weight excluding hydrogens is 434 g/mol. The summed E-state index contributed by atoms with van der Waals surface area (Å²) < 4.78 is 0. The number of rotatable bonds is 2. The van der Waals surface area contributed by atoms with Gasteiger partial charge in [-0.3, -0.25) is 9.69 Å². The van der Waals surface area contributed by atoms with Gasteiger partial charge in [0.05, 0.1) is 22.1 Å². The first-order valence-corrected chi connectivity index (χ1v) is 12.1. The average Bonchev–Trinajstić information content (AvgIpc) is 3.27. The Morgan fingerprint density at radius 1 is 0.844 bits per heavy atom. The predicted molar refractivity (Wildman–Crippen MR) is 137 cm³/mol. The summed E-state index contributed by atoms with van der Waals surface area (Å²) >= 11 is 3.09. The van der Waals surface area contributed by atoms with Crippen LogP contribution in [0.5, 0.6) is 0 Å². The van der Waals surface area contributed by atoms with Gasteiger partial charge < -0.3 is 4.90 Å². The van der Waals surface area contributed by atoms with E-state index in [-0.39, 0.29) is 5.91 Å². The molecule has 0 unspecified atom stereocenters. The number of benzene rings is 3. The zero-order valence-corrected chi connectivity index (χ0v) is 20.1. The highest BCUT2D eigenvalue weighted by molar-refractivity contribution is 8.20. The molecule has 1 saturated heterocycles. The van der Waals surface area contributed by atoms with Gasteiger partial charge in [0.2, 0.25) is 0 Å². The number of carbonyl (C=O) groups excluding carboxylic acids is 1. The van der Waals surface area contributed by atoms with Crippen LogP contribution in [-0.4, -0.2) is 18.1 Å². The zero-order valence-electron chi connectivity index (χ0n) is 18.4. The molecule has 2 aliphatic rings. The fourth-order valence-electron chi connectivity index (χ4n) is 3.78. The molecule has 0 atom stereocenters. The lowest BCUT2D eigenvalue weighted by atomic mass is 10.1. The normalized spacial score (nSPS) is 19.2. The van der Waals surface area contributed by atoms with Gasteiger partial charge in [0.25, 0.3) is 5.91 Å². The summed E-state index contributed by atoms with van der Waals surface area (Å²) in [5, 5.41) is 1.63. The standard InChI is InChI=1S/C26H23N3OS2/c1-16-8-7-9-20(14-16)29-24(30)23(25-28(4)21-10-5-6-11-22(21)31-25)32-26(29)27-19-13-12-17(2)18(3)15-19/h5-15H,1-4H3/b25-23-,27-26?. The number of carbonyl (C=O) groups is 1. The Hall–Kier alpha value is -2.96. The Morgan fingerprint density at radius 3 is 2.41 bits per heavy atom. The van der Waals surface area contributed by atoms with E-state index in [2.05, 4.69) is 43.0 Å². The minimum Gasteiger partial charge on any atom is -0.337 e. The Bertz CT molecular complexity index is 1310. The van der Waals surface area contributed by atoms with Crippen LogP contribution in [0, 0.1) is 20.8 Å². The molecule has 1 fully saturated rings. The minimum atomic E-state index is -0.0367. The topological polar surface area (TPSA) is 35.9 Å². The van der Waals surface area contributed by atoms with Crippen LogP contribution in [0.3, 0.4) is 0 Å². The Balaban J connectivity index is 1.63. The SMILES string of the molecule is Cc1cccc(N2C(=O)/C(=C3/Sc4ccccc4N3C)SC2=Nc2ccc(C)c(C)c2)c1. The molecule has 32 heavy (non-hydrogen) atoms. The third-order valence-electron chi connectivity index (χ3n) is 5.69. The molecule has 6 heteroatoms. The second kappa shape index (κ2) is 8.19. The van der Waals surface area contributed by atoms with Crippen molar-refractivity contribution in [2.24, 2.45) is 4.99 Å². The summed E-state index contributed by atoms with van der Waals surface area (Å²) in [5.74, 6) is -0.0367. The van der Waals surface area contributed by atoms with E-state index in [0.29, 0.717) is 10.1 Å². The van der Waals surface area contributed by atoms with Gasteiger partial charge in [-0.25, -0.2) is 4.99 Å². The number of aryl methyl sites for hydroxylation is 3. The maximum Gasteiger partial charge on any atom is 0.274 e. The van der Waals surface area contributed by atoms with Crippen LogP contribution in [0.2, 0.25) is 0 Å². The third-order valence-corrected chi connectivity index (χ3v) is 8.08. The Kier molecular flexibility index (Phi) is 5.35. The lowest BCUT2D eigenvalue weighted by Gasteiger charge is -2.17. The lowest BCUT2D eigenvalue weighted by Crippen LogP contribution is -2.29. The molecule has 3 aromatic carbocycles. The number of amidine groups is 1. The average molecular weight is 458 g/mol. The first-order chi connectivity index (χ1) is 15.4. The Labute approximate surface area is 197 Å². The largest absolute Gasteiger partial charge is 0.337 e. The predicted octanol–water partition coefficient (Wildman–Crippen LogP) is 6.79. The molecule has 0 radical (unpaired) electrons. The van der Waals surface area contributed by atoms with Gasteiger partial charge in [-0.2, -0.15) is 0 Å². The van der Waals surface area contributed by atoms with Crippen LogP contribution in [0.25, 0.3) is 0 Å². The van der Waals surface area contributed by atoms with Crippen molar-refractivity contribution >= 4 is 51.7 Å². The third kappa shape index (κ3) is 3.63. The molecule has 2 aliphatic heterocycles. The van der Waals surface area contributed by atoms with E-state index >= 15 is 0 Å². The van der Waals surface area contributed by atoms with Crippen molar-refractivity contribution in [3.63, 3.8) is 0 Å². The van der Waals surface area contributed by atoms with Crippen LogP contribution >= 0.6 is 23.5 Å². The molecule has 0 N–H and O–H groups in total. The summed E-state index contributed by atoms with van der Waals surface area (Å²) in [5.41, 5.74) is 6.32. The van der Waals surface area contributed by atoms with Crippen molar-refractivity contribution in [1.29, 1.82) is 0 Å². The van der Waals surface area contributed by atoms with Gasteiger partial charge in [-0.05, 0) is 85.6 Å². The highest BCUT2D eigenvalue weighted by atomic mass is 32.2. The molecule has 0 saturated carbocycles.